The van der Waals surface area contributed by atoms with Gasteiger partial charge in [0.1, 0.15) is 23.9 Å². The van der Waals surface area contributed by atoms with E-state index in [1.54, 1.807) is 34.6 Å². The number of fused-ring (bicyclic) bond motifs is 2. The minimum absolute atomic E-state index is 0.127. The zero-order chi connectivity index (χ0) is 41.1. The Morgan fingerprint density at radius 1 is 1.02 bits per heavy atom. The van der Waals surface area contributed by atoms with E-state index in [1.807, 2.05) is 68.5 Å². The maximum Gasteiger partial charge on any atom is 0.408 e. The zero-order valence-corrected chi connectivity index (χ0v) is 34.5. The molecule has 4 heterocycles. The molecule has 0 spiro atoms. The van der Waals surface area contributed by atoms with Gasteiger partial charge in [-0.25, -0.2) is 4.79 Å². The minimum Gasteiger partial charge on any atom is -0.457 e. The number of ketones is 2. The van der Waals surface area contributed by atoms with E-state index in [0.29, 0.717) is 19.3 Å². The van der Waals surface area contributed by atoms with Crippen LogP contribution < -0.4 is 5.32 Å². The normalized spacial score (nSPS) is 37.6. The number of esters is 1. The number of nitrogens with zero attached hydrogens (tertiary/aromatic N) is 2. The lowest BCUT2D eigenvalue weighted by molar-refractivity contribution is -0.295. The van der Waals surface area contributed by atoms with Gasteiger partial charge >= 0.3 is 12.1 Å². The zero-order valence-electron chi connectivity index (χ0n) is 34.5. The second-order valence-electron chi connectivity index (χ2n) is 16.8. The minimum atomic E-state index is -1.43. The number of aliphatic hydroxyl groups is 1. The fourth-order valence-electron chi connectivity index (χ4n) is 8.86. The molecule has 3 fully saturated rings. The maximum absolute atomic E-state index is 14.4. The number of likely N-dealkylation sites (N-methyl/N-ethyl adjacent to an activating group) is 1. The highest BCUT2D eigenvalue weighted by atomic mass is 16.7. The number of amides is 1. The van der Waals surface area contributed by atoms with Gasteiger partial charge in [-0.2, -0.15) is 0 Å². The molecule has 0 saturated carbocycles. The summed E-state index contributed by atoms with van der Waals surface area (Å²) in [4.78, 5) is 62.2. The van der Waals surface area contributed by atoms with Gasteiger partial charge in [-0.05, 0) is 91.6 Å². The third kappa shape index (κ3) is 9.18. The highest BCUT2D eigenvalue weighted by molar-refractivity contribution is 6.00. The van der Waals surface area contributed by atoms with Crippen LogP contribution in [0.25, 0.3) is 10.9 Å². The molecule has 13 atom stereocenters. The van der Waals surface area contributed by atoms with Crippen LogP contribution in [-0.2, 0) is 44.5 Å². The number of cyclic esters (lactones) is 1. The Morgan fingerprint density at radius 3 is 2.43 bits per heavy atom. The first-order valence-electron chi connectivity index (χ1n) is 19.9. The van der Waals surface area contributed by atoms with Crippen molar-refractivity contribution < 1.29 is 48.0 Å². The number of methoxy groups -OCH3 is 1. The number of nitrogens with one attached hydrogen (secondary N) is 1. The molecule has 56 heavy (non-hydrogen) atoms. The molecule has 3 aliphatic heterocycles. The molecule has 2 N–H and O–H groups in total. The van der Waals surface area contributed by atoms with Crippen molar-refractivity contribution >= 4 is 34.5 Å². The molecular weight excluding hydrogens is 718 g/mol. The van der Waals surface area contributed by atoms with Crippen molar-refractivity contribution in [1.29, 1.82) is 0 Å². The summed E-state index contributed by atoms with van der Waals surface area (Å²) in [5, 5.41) is 15.3. The number of carbonyl (C=O) groups is 4. The summed E-state index contributed by atoms with van der Waals surface area (Å²) in [6.07, 6.45) is 2.66. The molecule has 1 aromatic carbocycles. The topological polar surface area (TPSA) is 163 Å². The molecule has 0 radical (unpaired) electrons. The van der Waals surface area contributed by atoms with E-state index in [2.05, 4.69) is 16.4 Å². The summed E-state index contributed by atoms with van der Waals surface area (Å²) >= 11 is 0. The Kier molecular flexibility index (Phi) is 13.8. The first-order valence-corrected chi connectivity index (χ1v) is 19.9. The van der Waals surface area contributed by atoms with Crippen molar-refractivity contribution in [2.75, 3.05) is 21.2 Å². The van der Waals surface area contributed by atoms with Gasteiger partial charge in [0.2, 0.25) is 0 Å². The predicted octanol–water partition coefficient (Wildman–Crippen LogP) is 5.20. The molecule has 0 aliphatic carbocycles. The van der Waals surface area contributed by atoms with E-state index in [9.17, 15) is 24.3 Å². The lowest BCUT2D eigenvalue weighted by Gasteiger charge is -2.47. The summed E-state index contributed by atoms with van der Waals surface area (Å²) in [6.45, 7) is 12.0. The number of pyridine rings is 1. The summed E-state index contributed by atoms with van der Waals surface area (Å²) in [5.41, 5.74) is -0.730. The average Bonchev–Trinajstić information content (AvgIpc) is 3.49. The number of rotatable bonds is 9. The van der Waals surface area contributed by atoms with E-state index in [1.165, 1.54) is 14.0 Å². The first kappa shape index (κ1) is 43.4. The highest BCUT2D eigenvalue weighted by Gasteiger charge is 2.57. The standard InChI is InChI=1S/C43H61N3O10/c1-24-22-42(6,52-10)38(55-40-36(49)32(46(8)9)20-25(2)53-40)27(4)35(48)28(5)39(50)54-33(43(7)37(26(3)34(24)47)45-41(51)56-43)19-13-11-12-16-29-21-30-17-14-15-18-31(30)44-23-29/h11-12,14-15,17-18,21,23-28,32-33,36-38,40,49H,13,16,19-20,22H2,1-10H3,(H,45,51)/b12-11+/t24-,25?,26+,27+,28?,32?,33-,36?,37?,38?,40?,42?,43?/m1/s1. The van der Waals surface area contributed by atoms with Gasteiger partial charge in [0, 0.05) is 42.5 Å². The number of hydrogen-bond acceptors (Lipinski definition) is 12. The van der Waals surface area contributed by atoms with E-state index in [4.69, 9.17) is 23.7 Å². The molecular formula is C43H61N3O10. The third-order valence-corrected chi connectivity index (χ3v) is 12.3. The summed E-state index contributed by atoms with van der Waals surface area (Å²) in [5.74, 6) is -5.04. The van der Waals surface area contributed by atoms with Gasteiger partial charge in [-0.3, -0.25) is 19.4 Å². The van der Waals surface area contributed by atoms with Crippen molar-refractivity contribution in [3.8, 4) is 0 Å². The largest absolute Gasteiger partial charge is 0.457 e. The molecule has 3 aliphatic rings. The quantitative estimate of drug-likeness (QED) is 0.195. The third-order valence-electron chi connectivity index (χ3n) is 12.3. The molecule has 308 valence electrons. The van der Waals surface area contributed by atoms with Crippen molar-refractivity contribution in [3.05, 3.63) is 54.2 Å². The van der Waals surface area contributed by atoms with Crippen molar-refractivity contribution in [2.45, 2.75) is 135 Å². The van der Waals surface area contributed by atoms with Crippen molar-refractivity contribution in [2.24, 2.45) is 23.7 Å². The molecule has 1 aromatic heterocycles. The molecule has 5 rings (SSSR count). The molecule has 9 unspecified atom stereocenters. The van der Waals surface area contributed by atoms with Gasteiger partial charge in [0.15, 0.2) is 17.7 Å². The van der Waals surface area contributed by atoms with Gasteiger partial charge in [0.05, 0.1) is 29.4 Å². The summed E-state index contributed by atoms with van der Waals surface area (Å²) in [6, 6.07) is 8.87. The average molecular weight is 780 g/mol. The van der Waals surface area contributed by atoms with Crippen LogP contribution in [0.15, 0.2) is 48.7 Å². The number of aromatic nitrogens is 1. The van der Waals surface area contributed by atoms with E-state index in [-0.39, 0.29) is 30.8 Å². The van der Waals surface area contributed by atoms with Crippen LogP contribution in [-0.4, -0.2) is 114 Å². The van der Waals surface area contributed by atoms with Crippen LogP contribution >= 0.6 is 0 Å². The molecule has 1 amide bonds. The molecule has 0 bridgehead atoms. The summed E-state index contributed by atoms with van der Waals surface area (Å²) < 4.78 is 30.9. The van der Waals surface area contributed by atoms with Crippen molar-refractivity contribution in [3.63, 3.8) is 0 Å². The summed E-state index contributed by atoms with van der Waals surface area (Å²) in [7, 11) is 5.22. The predicted molar refractivity (Wildman–Crippen MR) is 210 cm³/mol. The Bertz CT molecular complexity index is 1770. The number of alkyl carbamates (subject to hydrolysis) is 1. The Balaban J connectivity index is 1.44. The van der Waals surface area contributed by atoms with Crippen molar-refractivity contribution in [1.82, 2.24) is 15.2 Å². The number of carbonyl (C=O) groups excluding carboxylic acids is 4. The Morgan fingerprint density at radius 2 is 1.73 bits per heavy atom. The van der Waals surface area contributed by atoms with Crippen LogP contribution in [0.5, 0.6) is 0 Å². The fourth-order valence-corrected chi connectivity index (χ4v) is 8.86. The SMILES string of the molecule is COC1(C)C[C@@H](C)C(=O)[C@H](C)C2NC(=O)OC2(C)[C@@H](CC/C=C/Cc2cnc3ccccc3c2)OC(=O)C(C)C(=O)[C@H](C)C1OC1OC(C)CC(N(C)C)C1O. The second kappa shape index (κ2) is 17.8. The van der Waals surface area contributed by atoms with Crippen LogP contribution in [0, 0.1) is 23.7 Å². The first-order chi connectivity index (χ1) is 26.4. The van der Waals surface area contributed by atoms with Gasteiger partial charge < -0.3 is 39.0 Å². The number of aliphatic hydroxyl groups excluding tert-OH is 1. The monoisotopic (exact) mass is 779 g/mol. The number of ether oxygens (including phenoxy) is 5. The number of Topliss-reactive ketones (excluding diaryl/α,β-unsaturated/α-hetero) is 2. The van der Waals surface area contributed by atoms with E-state index < -0.39 is 83.4 Å². The molecule has 2 aromatic rings. The Labute approximate surface area is 330 Å². The molecule has 3 saturated heterocycles. The number of allylic oxidation sites excluding steroid dienone is 2. The Hall–Kier alpha value is -3.75. The van der Waals surface area contributed by atoms with Crippen LogP contribution in [0.4, 0.5) is 4.79 Å². The van der Waals surface area contributed by atoms with E-state index >= 15 is 0 Å². The molecule has 13 heteroatoms. The highest BCUT2D eigenvalue weighted by Crippen LogP contribution is 2.40. The van der Waals surface area contributed by atoms with Crippen LogP contribution in [0.1, 0.15) is 79.7 Å². The smallest absolute Gasteiger partial charge is 0.408 e. The number of hydrogen-bond donors (Lipinski definition) is 2. The van der Waals surface area contributed by atoms with Gasteiger partial charge in [-0.15, -0.1) is 0 Å². The number of para-hydroxylation sites is 1. The van der Waals surface area contributed by atoms with Crippen LogP contribution in [0.3, 0.4) is 0 Å². The van der Waals surface area contributed by atoms with Gasteiger partial charge in [0.25, 0.3) is 0 Å². The fraction of sp³-hybridized carbons (Fsp3) is 0.651. The van der Waals surface area contributed by atoms with Gasteiger partial charge in [-0.1, -0.05) is 51.1 Å². The molecule has 13 nitrogen and oxygen atoms in total. The number of benzene rings is 1. The van der Waals surface area contributed by atoms with E-state index in [0.717, 1.165) is 16.5 Å². The van der Waals surface area contributed by atoms with Crippen LogP contribution in [0.2, 0.25) is 0 Å². The second-order valence-corrected chi connectivity index (χ2v) is 16.8. The maximum atomic E-state index is 14.4. The lowest BCUT2D eigenvalue weighted by atomic mass is 9.73. The lowest BCUT2D eigenvalue weighted by Crippen LogP contribution is -2.60.